The van der Waals surface area contributed by atoms with E-state index in [0.717, 1.165) is 162 Å². The lowest BCUT2D eigenvalue weighted by Gasteiger charge is -2.34. The van der Waals surface area contributed by atoms with E-state index in [2.05, 4.69) is 110 Å². The molecule has 0 radical (unpaired) electrons. The number of fused-ring (bicyclic) bond motifs is 5. The number of nitro groups is 2. The number of likely N-dealkylation sites (tertiary alicyclic amines) is 5. The number of non-ortho nitro benzene ring substituents is 2. The highest BCUT2D eigenvalue weighted by Crippen LogP contribution is 2.41. The molecule has 5 fully saturated rings. The van der Waals surface area contributed by atoms with Crippen molar-refractivity contribution in [2.45, 2.75) is 141 Å². The van der Waals surface area contributed by atoms with Crippen molar-refractivity contribution in [3.8, 4) is 0 Å². The van der Waals surface area contributed by atoms with Crippen LogP contribution in [0.2, 0.25) is 0 Å². The fourth-order valence-electron chi connectivity index (χ4n) is 16.8. The third kappa shape index (κ3) is 39.3. The highest BCUT2D eigenvalue weighted by Gasteiger charge is 2.27. The van der Waals surface area contributed by atoms with Crippen molar-refractivity contribution >= 4 is 215 Å². The highest BCUT2D eigenvalue weighted by molar-refractivity contribution is 14.0. The quantitative estimate of drug-likeness (QED) is 0.00420. The number of nitrogens with zero attached hydrogens (tertiary/aromatic N) is 11. The number of thioether (sulfide) groups is 6. The van der Waals surface area contributed by atoms with Crippen LogP contribution in [0.15, 0.2) is 168 Å². The molecule has 0 saturated carbocycles. The zero-order valence-electron chi connectivity index (χ0n) is 77.3. The molecule has 10 aliphatic heterocycles. The fraction of sp³-hybridized carbons (Fsp3) is 0.531. The van der Waals surface area contributed by atoms with Gasteiger partial charge in [-0.15, -0.1) is 153 Å². The van der Waals surface area contributed by atoms with Gasteiger partial charge in [-0.05, 0) is 243 Å². The summed E-state index contributed by atoms with van der Waals surface area (Å²) >= 11 is 21.2. The van der Waals surface area contributed by atoms with E-state index < -0.39 is 0 Å². The van der Waals surface area contributed by atoms with Crippen LogP contribution in [0.5, 0.6) is 0 Å². The Hall–Kier alpha value is -5.14. The average molecular weight is 2130 g/mol. The van der Waals surface area contributed by atoms with Crippen molar-refractivity contribution in [1.29, 1.82) is 16.2 Å². The number of benzene rings is 5. The second kappa shape index (κ2) is 65.7. The molecule has 24 nitrogen and oxygen atoms in total. The number of hydrazine groups is 1. The smallest absolute Gasteiger partial charge is 0.270 e. The number of nitro benzene ring substituents is 2. The van der Waals surface area contributed by atoms with Crippen LogP contribution in [-0.4, -0.2) is 273 Å². The van der Waals surface area contributed by atoms with E-state index in [1.807, 2.05) is 106 Å². The van der Waals surface area contributed by atoms with E-state index >= 15 is 0 Å². The Kier molecular flexibility index (Phi) is 56.6. The number of aliphatic hydroxyl groups excluding tert-OH is 2. The van der Waals surface area contributed by atoms with Crippen LogP contribution in [0.4, 0.5) is 45.5 Å². The van der Waals surface area contributed by atoms with Crippen LogP contribution in [0.3, 0.4) is 0 Å². The van der Waals surface area contributed by atoms with Gasteiger partial charge in [-0.3, -0.25) is 37.3 Å². The van der Waals surface area contributed by atoms with Crippen LogP contribution in [0.1, 0.15) is 129 Å². The first-order chi connectivity index (χ1) is 63.6. The number of nitrogen functional groups attached to an aromatic ring is 1. The van der Waals surface area contributed by atoms with Gasteiger partial charge in [0, 0.05) is 223 Å². The first-order valence-electron chi connectivity index (χ1n) is 46.2. The van der Waals surface area contributed by atoms with Crippen molar-refractivity contribution in [2.75, 3.05) is 242 Å². The van der Waals surface area contributed by atoms with E-state index in [0.29, 0.717) is 5.04 Å². The SMILES string of the molecule is CCO.CO.CSC(=N)c1cccs1.Cl.ClCCN1CCCCC1.I.N=C(Cc1ccc2c(c1)SCCN2CCN1CCCCC1)c1cccs1.N=C(Cc1ccc2c(c1)SCCN2CCN1CCCCC1)c1cccs1.NN.Nc1ccc2c(c1)SCCN2CCN1CCCCC1.O=[N+]([O-])c1ccc2c(c1)SCCN2.O=[N+]([O-])c1ccc2c(c1)SCCN2CCN1CCCCC1. The number of aliphatic hydroxyl groups is 2. The number of anilines is 6. The normalized spacial score (nSPS) is 16.9. The molecule has 18 rings (SSSR count). The number of nitrogens with one attached hydrogen (secondary N) is 4. The monoisotopic (exact) mass is 2130 g/mol. The van der Waals surface area contributed by atoms with Gasteiger partial charge in [0.15, 0.2) is 0 Å². The Morgan fingerprint density at radius 3 is 1.08 bits per heavy atom. The number of thiophene rings is 3. The molecule has 132 heavy (non-hydrogen) atoms. The van der Waals surface area contributed by atoms with Gasteiger partial charge >= 0.3 is 0 Å². The van der Waals surface area contributed by atoms with Gasteiger partial charge in [0.1, 0.15) is 5.04 Å². The minimum Gasteiger partial charge on any atom is -0.400 e. The number of piperidine rings is 5. The standard InChI is InChI=1S/2C21H27N3S2.C15H21N3O2S.C15H23N3S.C8H8N2O2S.C7H14ClN.C6H7NS2.C2H6O.CH4O.ClH.HI.H4N2/c2*22-18(20-5-4-13-25-20)15-17-6-7-19-21(16-17)26-14-12-24(19)11-10-23-8-2-1-3-9-23;19-18(20)13-4-5-14-15(12-13)21-11-10-17(14)9-8-16-6-2-1-3-7-16;16-13-4-5-14-15(12-13)19-11-10-18(14)9-8-17-6-2-1-3-7-17;11-10(12)6-1-2-7-8(5-6)13-4-3-9-7;8-4-7-9-5-2-1-3-6-9;1-8-6(7)5-3-2-4-9-5;1-2-3;1-2;;;1-2/h2*4-7,13,16,22H,1-3,8-12,14-15H2;4-5,12H,1-3,6-11H2;4-5,12H,1-3,6-11,16H2;1-2,5,9H,3-4H2;1-7H2;2-4,7H,1H3;3H,2H2,1H3;2H,1H3;2*1H;1-2H2. The molecule has 0 atom stereocenters. The Bertz CT molecular complexity index is 4460. The van der Waals surface area contributed by atoms with E-state index in [-0.39, 0.29) is 64.2 Å². The van der Waals surface area contributed by atoms with Crippen LogP contribution in [0.25, 0.3) is 0 Å². The predicted molar refractivity (Wildman–Crippen MR) is 589 cm³/mol. The summed E-state index contributed by atoms with van der Waals surface area (Å²) in [4.78, 5) is 52.9. The van der Waals surface area contributed by atoms with Crippen LogP contribution in [-0.2, 0) is 12.8 Å². The number of hydrogen-bond donors (Lipinski definition) is 9. The molecule has 3 aromatic heterocycles. The maximum absolute atomic E-state index is 10.9. The third-order valence-electron chi connectivity index (χ3n) is 23.6. The number of halogens is 3. The Labute approximate surface area is 851 Å². The molecule has 5 saturated heterocycles. The molecule has 0 bridgehead atoms. The van der Waals surface area contributed by atoms with Gasteiger partial charge in [-0.25, -0.2) is 0 Å². The maximum Gasteiger partial charge on any atom is 0.270 e. The number of hydrogen-bond acceptors (Lipinski definition) is 31. The molecule has 10 aliphatic rings. The molecule has 0 aliphatic carbocycles. The molecular weight excluding hydrogens is 1990 g/mol. The van der Waals surface area contributed by atoms with E-state index in [1.54, 1.807) is 88.7 Å². The van der Waals surface area contributed by atoms with Gasteiger partial charge in [0.05, 0.1) is 48.9 Å². The summed E-state index contributed by atoms with van der Waals surface area (Å²) in [6.45, 7) is 30.2. The lowest BCUT2D eigenvalue weighted by Crippen LogP contribution is -2.39. The number of nitrogens with two attached hydrogens (primary N) is 3. The summed E-state index contributed by atoms with van der Waals surface area (Å²) in [5.74, 6) is 14.3. The molecule has 0 amide bonds. The molecule has 0 spiro atoms. The van der Waals surface area contributed by atoms with Gasteiger partial charge in [0.2, 0.25) is 0 Å². The van der Waals surface area contributed by atoms with Crippen LogP contribution < -0.4 is 42.3 Å². The molecule has 13 heterocycles. The summed E-state index contributed by atoms with van der Waals surface area (Å²) in [6.07, 6.45) is 24.0. The number of rotatable bonds is 23. The summed E-state index contributed by atoms with van der Waals surface area (Å²) in [5.41, 5.74) is 17.4. The maximum atomic E-state index is 10.9. The topological polar surface area (TPSA) is 318 Å². The van der Waals surface area contributed by atoms with Crippen LogP contribution in [0, 0.1) is 36.5 Å². The van der Waals surface area contributed by atoms with Crippen molar-refractivity contribution in [3.63, 3.8) is 0 Å². The zero-order valence-corrected chi connectivity index (χ0v) is 88.6. The van der Waals surface area contributed by atoms with E-state index in [9.17, 15) is 20.2 Å². The van der Waals surface area contributed by atoms with Crippen molar-refractivity contribution in [1.82, 2.24) is 24.5 Å². The Morgan fingerprint density at radius 2 is 0.742 bits per heavy atom. The van der Waals surface area contributed by atoms with Crippen molar-refractivity contribution in [3.05, 3.63) is 190 Å². The zero-order chi connectivity index (χ0) is 92.5. The molecule has 8 aromatic rings. The predicted octanol–water partition coefficient (Wildman–Crippen LogP) is 20.9. The Balaban J connectivity index is 0.000000213. The van der Waals surface area contributed by atoms with Gasteiger partial charge in [-0.2, -0.15) is 0 Å². The molecule has 0 unspecified atom stereocenters. The number of alkyl halides is 1. The van der Waals surface area contributed by atoms with Gasteiger partial charge in [0.25, 0.3) is 11.4 Å². The minimum absolute atomic E-state index is 0. The third-order valence-corrected chi connectivity index (χ3v) is 32.4. The summed E-state index contributed by atoms with van der Waals surface area (Å²) < 4.78 is 0. The molecule has 5 aromatic carbocycles. The van der Waals surface area contributed by atoms with Gasteiger partial charge in [-0.1, -0.05) is 62.4 Å². The summed E-state index contributed by atoms with van der Waals surface area (Å²) in [6, 6.07) is 42.2. The van der Waals surface area contributed by atoms with E-state index in [1.165, 1.54) is 259 Å². The first kappa shape index (κ1) is 114. The average Bonchev–Trinajstić information content (AvgIpc) is 1.11. The molecular formula is C96H143Cl2IN18O6S9. The second-order valence-electron chi connectivity index (χ2n) is 32.6. The lowest BCUT2D eigenvalue weighted by molar-refractivity contribution is -0.385. The molecule has 36 heteroatoms. The van der Waals surface area contributed by atoms with Crippen molar-refractivity contribution < 1.29 is 20.1 Å². The lowest BCUT2D eigenvalue weighted by atomic mass is 10.1. The summed E-state index contributed by atoms with van der Waals surface area (Å²) in [5, 5.41) is 69.9. The summed E-state index contributed by atoms with van der Waals surface area (Å²) in [7, 11) is 1.00. The van der Waals surface area contributed by atoms with Crippen LogP contribution >= 0.6 is 153 Å². The Morgan fingerprint density at radius 1 is 0.432 bits per heavy atom. The second-order valence-corrected chi connectivity index (χ2v) is 42.3. The highest BCUT2D eigenvalue weighted by atomic mass is 127. The fourth-order valence-corrected chi connectivity index (χ4v) is 24.9. The molecule has 12 N–H and O–H groups in total. The van der Waals surface area contributed by atoms with Crippen molar-refractivity contribution in [2.24, 2.45) is 11.7 Å². The largest absolute Gasteiger partial charge is 0.400 e. The minimum atomic E-state index is -0.366. The van der Waals surface area contributed by atoms with Gasteiger partial charge < -0.3 is 76.2 Å². The molecule has 728 valence electrons. The van der Waals surface area contributed by atoms with E-state index in [4.69, 9.17) is 43.8 Å². The first-order valence-corrected chi connectivity index (χ1v) is 55.5.